The van der Waals surface area contributed by atoms with Crippen LogP contribution in [-0.2, 0) is 20.9 Å². The van der Waals surface area contributed by atoms with Crippen LogP contribution in [0.15, 0.2) is 22.8 Å². The highest BCUT2D eigenvalue weighted by atomic mass is 16.7. The highest BCUT2D eigenvalue weighted by Crippen LogP contribution is 2.35. The number of likely N-dealkylation sites (tertiary alicyclic amines) is 1. The summed E-state index contributed by atoms with van der Waals surface area (Å²) in [4.78, 5) is 20.5. The molecule has 0 aliphatic carbocycles. The highest BCUT2D eigenvalue weighted by molar-refractivity contribution is 5.78. The van der Waals surface area contributed by atoms with Gasteiger partial charge in [-0.2, -0.15) is 0 Å². The minimum absolute atomic E-state index is 0.0651. The molecule has 1 aromatic rings. The molecule has 0 radical (unpaired) electrons. The van der Waals surface area contributed by atoms with Crippen molar-refractivity contribution in [1.29, 1.82) is 0 Å². The van der Waals surface area contributed by atoms with Gasteiger partial charge < -0.3 is 9.15 Å². The van der Waals surface area contributed by atoms with Crippen LogP contribution < -0.4 is 0 Å². The molecule has 1 amide bonds. The molecule has 4 rings (SSSR count). The molecule has 0 N–H and O–H groups in total. The molecule has 0 aromatic carbocycles. The second kappa shape index (κ2) is 6.02. The van der Waals surface area contributed by atoms with E-state index < -0.39 is 0 Å². The first-order valence-corrected chi connectivity index (χ1v) is 8.12. The molecule has 3 atom stereocenters. The number of hydrogen-bond donors (Lipinski definition) is 0. The molecule has 0 bridgehead atoms. The Hall–Kier alpha value is -1.37. The van der Waals surface area contributed by atoms with Crippen LogP contribution in [0.3, 0.4) is 0 Å². The summed E-state index contributed by atoms with van der Waals surface area (Å²) in [5.41, 5.74) is 0. The van der Waals surface area contributed by atoms with E-state index in [1.807, 2.05) is 12.1 Å². The van der Waals surface area contributed by atoms with Crippen molar-refractivity contribution in [3.8, 4) is 0 Å². The van der Waals surface area contributed by atoms with Gasteiger partial charge in [0.2, 0.25) is 0 Å². The predicted molar refractivity (Wildman–Crippen MR) is 77.6 cm³/mol. The second-order valence-corrected chi connectivity index (χ2v) is 6.40. The fraction of sp³-hybridized carbons (Fsp3) is 0.688. The van der Waals surface area contributed by atoms with Crippen LogP contribution >= 0.6 is 0 Å². The lowest BCUT2D eigenvalue weighted by Gasteiger charge is -2.29. The van der Waals surface area contributed by atoms with Gasteiger partial charge in [0.15, 0.2) is 0 Å². The topological polar surface area (TPSA) is 55.2 Å². The van der Waals surface area contributed by atoms with E-state index in [1.165, 1.54) is 0 Å². The van der Waals surface area contributed by atoms with Crippen LogP contribution in [0.1, 0.15) is 18.6 Å². The lowest BCUT2D eigenvalue weighted by atomic mass is 9.92. The molecular formula is C16H22N2O4. The van der Waals surface area contributed by atoms with Crippen LogP contribution in [0, 0.1) is 11.8 Å². The maximum absolute atomic E-state index is 12.7. The van der Waals surface area contributed by atoms with Crippen LogP contribution in [0.2, 0.25) is 0 Å². The maximum atomic E-state index is 12.7. The summed E-state index contributed by atoms with van der Waals surface area (Å²) in [6, 6.07) is 3.89. The maximum Gasteiger partial charge on any atom is 0.251 e. The Kier molecular flexibility index (Phi) is 3.90. The Morgan fingerprint density at radius 3 is 3.05 bits per heavy atom. The molecule has 3 aliphatic heterocycles. The molecular weight excluding hydrogens is 284 g/mol. The van der Waals surface area contributed by atoms with E-state index in [-0.39, 0.29) is 23.8 Å². The number of hydrogen-bond acceptors (Lipinski definition) is 5. The van der Waals surface area contributed by atoms with Gasteiger partial charge in [0.05, 0.1) is 38.0 Å². The van der Waals surface area contributed by atoms with Crippen molar-refractivity contribution in [3.05, 3.63) is 24.2 Å². The number of hydroxylamine groups is 2. The molecule has 6 heteroatoms. The Balaban J connectivity index is 1.38. The molecule has 1 aromatic heterocycles. The van der Waals surface area contributed by atoms with Crippen molar-refractivity contribution in [2.75, 3.05) is 32.8 Å². The van der Waals surface area contributed by atoms with Gasteiger partial charge in [0.1, 0.15) is 5.76 Å². The first kappa shape index (κ1) is 14.2. The number of ether oxygens (including phenoxy) is 1. The van der Waals surface area contributed by atoms with Crippen molar-refractivity contribution in [1.82, 2.24) is 9.96 Å². The fourth-order valence-electron chi connectivity index (χ4n) is 3.76. The number of rotatable bonds is 3. The second-order valence-electron chi connectivity index (χ2n) is 6.40. The summed E-state index contributed by atoms with van der Waals surface area (Å²) in [5.74, 6) is 1.27. The summed E-state index contributed by atoms with van der Waals surface area (Å²) in [5, 5.41) is 1.56. The number of amides is 1. The number of carbonyl (C=O) groups excluding carboxylic acids is 1. The van der Waals surface area contributed by atoms with Gasteiger partial charge >= 0.3 is 0 Å². The van der Waals surface area contributed by atoms with Gasteiger partial charge in [-0.3, -0.25) is 14.5 Å². The molecule has 3 fully saturated rings. The van der Waals surface area contributed by atoms with Gasteiger partial charge in [-0.15, -0.1) is 0 Å². The molecule has 0 unspecified atom stereocenters. The Morgan fingerprint density at radius 1 is 1.32 bits per heavy atom. The van der Waals surface area contributed by atoms with Crippen molar-refractivity contribution in [2.45, 2.75) is 25.5 Å². The average molecular weight is 306 g/mol. The lowest BCUT2D eigenvalue weighted by molar-refractivity contribution is -0.202. The number of furan rings is 1. The largest absolute Gasteiger partial charge is 0.468 e. The molecule has 3 aliphatic rings. The van der Waals surface area contributed by atoms with Crippen molar-refractivity contribution in [3.63, 3.8) is 0 Å². The van der Waals surface area contributed by atoms with E-state index in [4.69, 9.17) is 14.0 Å². The van der Waals surface area contributed by atoms with Gasteiger partial charge in [0, 0.05) is 25.6 Å². The van der Waals surface area contributed by atoms with E-state index in [1.54, 1.807) is 11.3 Å². The number of nitrogens with zero attached hydrogens (tertiary/aromatic N) is 2. The number of fused-ring (bicyclic) bond motifs is 1. The molecule has 0 saturated carbocycles. The summed E-state index contributed by atoms with van der Waals surface area (Å²) < 4.78 is 11.3. The van der Waals surface area contributed by atoms with Crippen LogP contribution in [0.4, 0.5) is 0 Å². The van der Waals surface area contributed by atoms with E-state index in [9.17, 15) is 4.79 Å². The zero-order valence-electron chi connectivity index (χ0n) is 12.6. The van der Waals surface area contributed by atoms with Gasteiger partial charge in [-0.05, 0) is 25.0 Å². The molecule has 6 nitrogen and oxygen atoms in total. The van der Waals surface area contributed by atoms with E-state index >= 15 is 0 Å². The zero-order valence-corrected chi connectivity index (χ0v) is 12.6. The monoisotopic (exact) mass is 306 g/mol. The minimum Gasteiger partial charge on any atom is -0.468 e. The quantitative estimate of drug-likeness (QED) is 0.842. The van der Waals surface area contributed by atoms with Gasteiger partial charge in [-0.25, -0.2) is 5.06 Å². The molecule has 0 spiro atoms. The normalized spacial score (nSPS) is 32.4. The van der Waals surface area contributed by atoms with Crippen molar-refractivity contribution in [2.24, 2.45) is 11.8 Å². The Morgan fingerprint density at radius 2 is 2.27 bits per heavy atom. The highest BCUT2D eigenvalue weighted by Gasteiger charge is 2.48. The van der Waals surface area contributed by atoms with Crippen LogP contribution in [-0.4, -0.2) is 54.8 Å². The van der Waals surface area contributed by atoms with Crippen LogP contribution in [0.25, 0.3) is 0 Å². The standard InChI is InChI=1S/C16H22N2O4/c19-16(18-5-1-2-7-22-18)14-11-21-15-10-17(9-13(14)15)8-12-4-3-6-20-12/h3-4,6,13-15H,1-2,5,7-11H2/t13-,14+,15-/m0/s1. The summed E-state index contributed by atoms with van der Waals surface area (Å²) >= 11 is 0. The summed E-state index contributed by atoms with van der Waals surface area (Å²) in [7, 11) is 0. The summed E-state index contributed by atoms with van der Waals surface area (Å²) in [6.07, 6.45) is 3.92. The first-order valence-electron chi connectivity index (χ1n) is 8.12. The lowest BCUT2D eigenvalue weighted by Crippen LogP contribution is -2.42. The fourth-order valence-corrected chi connectivity index (χ4v) is 3.76. The third-order valence-electron chi connectivity index (χ3n) is 4.92. The zero-order chi connectivity index (χ0) is 14.9. The van der Waals surface area contributed by atoms with Crippen molar-refractivity contribution < 1.29 is 18.8 Å². The van der Waals surface area contributed by atoms with E-state index in [0.717, 1.165) is 38.2 Å². The third kappa shape index (κ3) is 2.66. The molecule has 3 saturated heterocycles. The summed E-state index contributed by atoms with van der Waals surface area (Å²) in [6.45, 7) is 4.43. The van der Waals surface area contributed by atoms with Gasteiger partial charge in [0.25, 0.3) is 5.91 Å². The third-order valence-corrected chi connectivity index (χ3v) is 4.92. The van der Waals surface area contributed by atoms with E-state index in [2.05, 4.69) is 4.90 Å². The van der Waals surface area contributed by atoms with Crippen LogP contribution in [0.5, 0.6) is 0 Å². The predicted octanol–water partition coefficient (Wildman–Crippen LogP) is 1.28. The smallest absolute Gasteiger partial charge is 0.251 e. The molecule has 22 heavy (non-hydrogen) atoms. The van der Waals surface area contributed by atoms with E-state index in [0.29, 0.717) is 19.8 Å². The molecule has 120 valence electrons. The first-order chi connectivity index (χ1) is 10.8. The SMILES string of the molecule is O=C([C@@H]1CO[C@H]2CN(Cc3ccco3)C[C@H]21)N1CCCCO1. The Labute approximate surface area is 129 Å². The minimum atomic E-state index is -0.0651. The van der Waals surface area contributed by atoms with Gasteiger partial charge in [-0.1, -0.05) is 0 Å². The Bertz CT molecular complexity index is 512. The molecule has 4 heterocycles. The number of carbonyl (C=O) groups is 1. The van der Waals surface area contributed by atoms with Crippen molar-refractivity contribution >= 4 is 5.91 Å². The average Bonchev–Trinajstić information content (AvgIpc) is 3.25.